The third-order valence-electron chi connectivity index (χ3n) is 9.10. The molecule has 3 aliphatic rings. The van der Waals surface area contributed by atoms with Crippen LogP contribution in [-0.4, -0.2) is 41.8 Å². The number of hydrogen-bond acceptors (Lipinski definition) is 5. The lowest BCUT2D eigenvalue weighted by atomic mass is 9.93. The van der Waals surface area contributed by atoms with E-state index in [4.69, 9.17) is 14.7 Å². The van der Waals surface area contributed by atoms with Gasteiger partial charge in [-0.2, -0.15) is 0 Å². The van der Waals surface area contributed by atoms with Crippen molar-refractivity contribution in [1.29, 1.82) is 0 Å². The molecule has 0 radical (unpaired) electrons. The molecule has 1 aliphatic carbocycles. The quantitative estimate of drug-likeness (QED) is 0.373. The first-order valence-electron chi connectivity index (χ1n) is 14.5. The van der Waals surface area contributed by atoms with E-state index in [2.05, 4.69) is 80.8 Å². The van der Waals surface area contributed by atoms with Crippen molar-refractivity contribution in [3.63, 3.8) is 0 Å². The summed E-state index contributed by atoms with van der Waals surface area (Å²) in [6.07, 6.45) is 5.94. The second-order valence-corrected chi connectivity index (χ2v) is 12.0. The summed E-state index contributed by atoms with van der Waals surface area (Å²) in [7, 11) is 1.85. The van der Waals surface area contributed by atoms with Crippen molar-refractivity contribution in [2.45, 2.75) is 97.4 Å². The Morgan fingerprint density at radius 2 is 1.61 bits per heavy atom. The number of methoxy groups -OCH3 is 1. The minimum Gasteiger partial charge on any atom is -0.381 e. The van der Waals surface area contributed by atoms with Crippen LogP contribution in [0.15, 0.2) is 36.4 Å². The number of nitrogens with zero attached hydrogens (tertiary/aromatic N) is 4. The van der Waals surface area contributed by atoms with Gasteiger partial charge in [-0.3, -0.25) is 0 Å². The number of hydrogen-bond donors (Lipinski definition) is 0. The van der Waals surface area contributed by atoms with Crippen LogP contribution in [0, 0.1) is 20.8 Å². The van der Waals surface area contributed by atoms with Crippen molar-refractivity contribution in [3.05, 3.63) is 69.9 Å². The van der Waals surface area contributed by atoms with Gasteiger partial charge in [0, 0.05) is 55.5 Å². The number of anilines is 2. The SMILES string of the molecule is COC1C[C@@H](C)N(c2nc(-c3c(C)cccc3C)nc3c2CN(c2cc(C4CC4)ccc2C)CC3)[C@@H](C)C1. The molecule has 2 fully saturated rings. The van der Waals surface area contributed by atoms with E-state index in [0.717, 1.165) is 49.9 Å². The molecule has 0 N–H and O–H groups in total. The minimum absolute atomic E-state index is 0.302. The summed E-state index contributed by atoms with van der Waals surface area (Å²) in [5.74, 6) is 2.76. The van der Waals surface area contributed by atoms with E-state index in [1.165, 1.54) is 57.6 Å². The molecule has 6 rings (SSSR count). The maximum absolute atomic E-state index is 5.81. The highest BCUT2D eigenvalue weighted by Crippen LogP contribution is 2.43. The fourth-order valence-corrected chi connectivity index (χ4v) is 6.86. The van der Waals surface area contributed by atoms with Gasteiger partial charge in [-0.15, -0.1) is 0 Å². The molecule has 200 valence electrons. The smallest absolute Gasteiger partial charge is 0.162 e. The highest BCUT2D eigenvalue weighted by molar-refractivity contribution is 5.69. The summed E-state index contributed by atoms with van der Waals surface area (Å²) in [4.78, 5) is 15.8. The largest absolute Gasteiger partial charge is 0.381 e. The maximum atomic E-state index is 5.81. The van der Waals surface area contributed by atoms with Gasteiger partial charge in [0.1, 0.15) is 5.82 Å². The van der Waals surface area contributed by atoms with Crippen molar-refractivity contribution in [2.75, 3.05) is 23.5 Å². The van der Waals surface area contributed by atoms with Gasteiger partial charge in [-0.05, 0) is 94.5 Å². The molecule has 3 heterocycles. The standard InChI is InChI=1S/C33H42N4O/c1-20-10-11-26(25-12-13-25)18-30(20)36-15-14-29-28(19-36)33(37-23(4)16-27(38-6)17-24(37)5)35-32(34-29)31-21(2)8-7-9-22(31)3/h7-11,18,23-25,27H,12-17,19H2,1-6H3/t23-,24+,27?. The number of ether oxygens (including phenoxy) is 1. The first-order valence-corrected chi connectivity index (χ1v) is 14.5. The Morgan fingerprint density at radius 1 is 0.895 bits per heavy atom. The first-order chi connectivity index (χ1) is 18.3. The number of aromatic nitrogens is 2. The van der Waals surface area contributed by atoms with Gasteiger partial charge in [-0.1, -0.05) is 30.3 Å². The Bertz CT molecular complexity index is 1310. The van der Waals surface area contributed by atoms with Gasteiger partial charge in [0.15, 0.2) is 5.82 Å². The molecule has 2 aliphatic heterocycles. The van der Waals surface area contributed by atoms with E-state index in [1.807, 2.05) is 7.11 Å². The number of aryl methyl sites for hydroxylation is 3. The maximum Gasteiger partial charge on any atom is 0.162 e. The van der Waals surface area contributed by atoms with Crippen molar-refractivity contribution in [1.82, 2.24) is 9.97 Å². The summed E-state index contributed by atoms with van der Waals surface area (Å²) in [6.45, 7) is 13.1. The van der Waals surface area contributed by atoms with Gasteiger partial charge in [0.05, 0.1) is 11.8 Å². The Kier molecular flexibility index (Phi) is 6.67. The summed E-state index contributed by atoms with van der Waals surface area (Å²) < 4.78 is 5.81. The van der Waals surface area contributed by atoms with E-state index in [0.29, 0.717) is 18.2 Å². The molecule has 2 aromatic carbocycles. The van der Waals surface area contributed by atoms with Gasteiger partial charge >= 0.3 is 0 Å². The number of fused-ring (bicyclic) bond motifs is 1. The molecule has 1 unspecified atom stereocenters. The average molecular weight is 511 g/mol. The van der Waals surface area contributed by atoms with Crippen LogP contribution in [0.2, 0.25) is 0 Å². The zero-order chi connectivity index (χ0) is 26.6. The molecule has 1 saturated carbocycles. The van der Waals surface area contributed by atoms with Crippen molar-refractivity contribution in [2.24, 2.45) is 0 Å². The van der Waals surface area contributed by atoms with Crippen LogP contribution in [0.4, 0.5) is 11.5 Å². The first kappa shape index (κ1) is 25.4. The number of piperidine rings is 1. The highest BCUT2D eigenvalue weighted by atomic mass is 16.5. The molecule has 5 nitrogen and oxygen atoms in total. The highest BCUT2D eigenvalue weighted by Gasteiger charge is 2.36. The van der Waals surface area contributed by atoms with E-state index >= 15 is 0 Å². The summed E-state index contributed by atoms with van der Waals surface area (Å²) >= 11 is 0. The fourth-order valence-electron chi connectivity index (χ4n) is 6.86. The third-order valence-corrected chi connectivity index (χ3v) is 9.10. The van der Waals surface area contributed by atoms with Gasteiger partial charge in [0.2, 0.25) is 0 Å². The Labute approximate surface area is 228 Å². The number of rotatable bonds is 5. The molecular formula is C33H42N4O. The molecule has 3 aromatic rings. The minimum atomic E-state index is 0.302. The van der Waals surface area contributed by atoms with Crippen LogP contribution < -0.4 is 9.80 Å². The van der Waals surface area contributed by atoms with Crippen molar-refractivity contribution in [3.8, 4) is 11.4 Å². The average Bonchev–Trinajstić information content (AvgIpc) is 3.74. The lowest BCUT2D eigenvalue weighted by Gasteiger charge is -2.45. The molecule has 0 amide bonds. The zero-order valence-electron chi connectivity index (χ0n) is 23.9. The summed E-state index contributed by atoms with van der Waals surface area (Å²) in [5.41, 5.74) is 10.4. The van der Waals surface area contributed by atoms with Crippen LogP contribution in [-0.2, 0) is 17.7 Å². The Hall–Kier alpha value is -2.92. The van der Waals surface area contributed by atoms with Gasteiger partial charge < -0.3 is 14.5 Å². The van der Waals surface area contributed by atoms with Crippen molar-refractivity contribution >= 4 is 11.5 Å². The monoisotopic (exact) mass is 510 g/mol. The van der Waals surface area contributed by atoms with Crippen LogP contribution in [0.25, 0.3) is 11.4 Å². The fraction of sp³-hybridized carbons (Fsp3) is 0.515. The van der Waals surface area contributed by atoms with Crippen LogP contribution in [0.3, 0.4) is 0 Å². The zero-order valence-corrected chi connectivity index (χ0v) is 23.9. The molecule has 38 heavy (non-hydrogen) atoms. The molecule has 1 saturated heterocycles. The topological polar surface area (TPSA) is 41.5 Å². The van der Waals surface area contributed by atoms with Crippen LogP contribution in [0.5, 0.6) is 0 Å². The van der Waals surface area contributed by atoms with Crippen molar-refractivity contribution < 1.29 is 4.74 Å². The lowest BCUT2D eigenvalue weighted by molar-refractivity contribution is 0.0611. The number of benzene rings is 2. The second-order valence-electron chi connectivity index (χ2n) is 12.0. The van der Waals surface area contributed by atoms with E-state index < -0.39 is 0 Å². The molecule has 5 heteroatoms. The van der Waals surface area contributed by atoms with E-state index in [9.17, 15) is 0 Å². The normalized spacial score (nSPS) is 23.5. The second kappa shape index (κ2) is 10.00. The van der Waals surface area contributed by atoms with E-state index in [-0.39, 0.29) is 0 Å². The predicted molar refractivity (Wildman–Crippen MR) is 156 cm³/mol. The summed E-state index contributed by atoms with van der Waals surface area (Å²) in [6, 6.07) is 14.3. The predicted octanol–water partition coefficient (Wildman–Crippen LogP) is 6.90. The van der Waals surface area contributed by atoms with Crippen LogP contribution in [0.1, 0.15) is 79.0 Å². The van der Waals surface area contributed by atoms with E-state index in [1.54, 1.807) is 0 Å². The molecule has 0 spiro atoms. The Morgan fingerprint density at radius 3 is 2.26 bits per heavy atom. The molecule has 1 aromatic heterocycles. The van der Waals surface area contributed by atoms with Gasteiger partial charge in [-0.25, -0.2) is 9.97 Å². The Balaban J connectivity index is 1.45. The molecule has 0 bridgehead atoms. The van der Waals surface area contributed by atoms with Gasteiger partial charge in [0.25, 0.3) is 0 Å². The third kappa shape index (κ3) is 4.59. The summed E-state index contributed by atoms with van der Waals surface area (Å²) in [5, 5.41) is 0. The lowest BCUT2D eigenvalue weighted by Crippen LogP contribution is -2.50. The molecular weight excluding hydrogens is 468 g/mol. The molecule has 3 atom stereocenters. The van der Waals surface area contributed by atoms with Crippen LogP contribution >= 0.6 is 0 Å².